The van der Waals surface area contributed by atoms with E-state index in [2.05, 4.69) is 0 Å². The van der Waals surface area contributed by atoms with E-state index in [1.165, 1.54) is 0 Å². The Morgan fingerprint density at radius 2 is 1.91 bits per heavy atom. The van der Waals surface area contributed by atoms with Crippen LogP contribution in [-0.4, -0.2) is 49.0 Å². The van der Waals surface area contributed by atoms with Crippen LogP contribution in [0.25, 0.3) is 0 Å². The molecule has 2 heterocycles. The van der Waals surface area contributed by atoms with E-state index >= 15 is 0 Å². The van der Waals surface area contributed by atoms with E-state index in [1.54, 1.807) is 7.11 Å². The van der Waals surface area contributed by atoms with Gasteiger partial charge in [0.2, 0.25) is 0 Å². The Hall–Kier alpha value is -0.980. The molecule has 0 aliphatic carbocycles. The third kappa shape index (κ3) is 3.19. The Bertz CT molecular complexity index is 489. The van der Waals surface area contributed by atoms with Crippen molar-refractivity contribution in [2.24, 2.45) is 0 Å². The van der Waals surface area contributed by atoms with Gasteiger partial charge in [-0.2, -0.15) is 0 Å². The van der Waals surface area contributed by atoms with Gasteiger partial charge in [0, 0.05) is 13.5 Å². The fourth-order valence-electron chi connectivity index (χ4n) is 3.22. The summed E-state index contributed by atoms with van der Waals surface area (Å²) >= 11 is 0. The molecule has 0 unspecified atom stereocenters. The summed E-state index contributed by atoms with van der Waals surface area (Å²) < 4.78 is 23.2. The van der Waals surface area contributed by atoms with Gasteiger partial charge in [0.1, 0.15) is 18.3 Å². The van der Waals surface area contributed by atoms with Crippen LogP contribution in [0.4, 0.5) is 0 Å². The Morgan fingerprint density at radius 1 is 1.18 bits per heavy atom. The van der Waals surface area contributed by atoms with Gasteiger partial charge in [-0.3, -0.25) is 0 Å². The average molecular weight is 308 g/mol. The van der Waals surface area contributed by atoms with Crippen molar-refractivity contribution in [1.82, 2.24) is 0 Å². The van der Waals surface area contributed by atoms with E-state index < -0.39 is 11.9 Å². The normalized spacial score (nSPS) is 38.1. The largest absolute Gasteiger partial charge is 0.390 e. The Labute approximate surface area is 131 Å². The molecular formula is C17H24O5. The molecule has 5 atom stereocenters. The predicted molar refractivity (Wildman–Crippen MR) is 80.4 cm³/mol. The molecule has 5 nitrogen and oxygen atoms in total. The number of aliphatic hydroxyl groups excluding tert-OH is 1. The lowest BCUT2D eigenvalue weighted by molar-refractivity contribution is -0.217. The smallest absolute Gasteiger partial charge is 0.163 e. The van der Waals surface area contributed by atoms with E-state index in [9.17, 15) is 5.11 Å². The van der Waals surface area contributed by atoms with Crippen LogP contribution >= 0.6 is 0 Å². The monoisotopic (exact) mass is 308 g/mol. The van der Waals surface area contributed by atoms with Gasteiger partial charge in [0.25, 0.3) is 0 Å². The third-order valence-corrected chi connectivity index (χ3v) is 4.32. The van der Waals surface area contributed by atoms with Crippen molar-refractivity contribution in [3.63, 3.8) is 0 Å². The Balaban J connectivity index is 1.79. The number of benzene rings is 1. The molecule has 5 heteroatoms. The van der Waals surface area contributed by atoms with E-state index in [1.807, 2.05) is 44.2 Å². The molecule has 0 aromatic heterocycles. The molecule has 0 bridgehead atoms. The van der Waals surface area contributed by atoms with Crippen molar-refractivity contribution >= 4 is 0 Å². The minimum atomic E-state index is -0.598. The van der Waals surface area contributed by atoms with Gasteiger partial charge in [-0.05, 0) is 19.4 Å². The lowest BCUT2D eigenvalue weighted by Gasteiger charge is -2.41. The summed E-state index contributed by atoms with van der Waals surface area (Å²) in [6, 6.07) is 9.85. The fraction of sp³-hybridized carbons (Fsp3) is 0.647. The molecule has 0 spiro atoms. The quantitative estimate of drug-likeness (QED) is 0.926. The lowest BCUT2D eigenvalue weighted by Crippen LogP contribution is -2.49. The maximum absolute atomic E-state index is 10.5. The summed E-state index contributed by atoms with van der Waals surface area (Å²) in [5.41, 5.74) is 0.997. The van der Waals surface area contributed by atoms with Gasteiger partial charge in [0.05, 0.1) is 18.8 Å². The van der Waals surface area contributed by atoms with Gasteiger partial charge in [-0.25, -0.2) is 0 Å². The summed E-state index contributed by atoms with van der Waals surface area (Å²) in [6.07, 6.45) is -1.20. The molecule has 0 amide bonds. The Kier molecular flexibility index (Phi) is 4.52. The minimum absolute atomic E-state index is 0.173. The highest BCUT2D eigenvalue weighted by atomic mass is 16.7. The first-order valence-corrected chi connectivity index (χ1v) is 7.73. The van der Waals surface area contributed by atoms with Crippen LogP contribution in [0.15, 0.2) is 30.3 Å². The summed E-state index contributed by atoms with van der Waals surface area (Å²) in [7, 11) is 1.60. The van der Waals surface area contributed by atoms with Crippen molar-refractivity contribution in [3.05, 3.63) is 35.9 Å². The van der Waals surface area contributed by atoms with Crippen LogP contribution in [0.3, 0.4) is 0 Å². The molecule has 22 heavy (non-hydrogen) atoms. The number of aliphatic hydroxyl groups is 1. The first kappa shape index (κ1) is 15.9. The van der Waals surface area contributed by atoms with Gasteiger partial charge >= 0.3 is 0 Å². The van der Waals surface area contributed by atoms with E-state index in [4.69, 9.17) is 18.9 Å². The molecular weight excluding hydrogens is 284 g/mol. The molecule has 2 fully saturated rings. The van der Waals surface area contributed by atoms with Crippen LogP contribution < -0.4 is 0 Å². The average Bonchev–Trinajstić information content (AvgIpc) is 2.87. The molecule has 2 aliphatic rings. The Morgan fingerprint density at radius 3 is 2.50 bits per heavy atom. The van der Waals surface area contributed by atoms with Crippen LogP contribution in [0, 0.1) is 0 Å². The number of methoxy groups -OCH3 is 1. The highest BCUT2D eigenvalue weighted by Crippen LogP contribution is 2.37. The third-order valence-electron chi connectivity index (χ3n) is 4.32. The molecule has 0 saturated carbocycles. The summed E-state index contributed by atoms with van der Waals surface area (Å²) in [5.74, 6) is -0.598. The molecule has 122 valence electrons. The van der Waals surface area contributed by atoms with Crippen LogP contribution in [0.1, 0.15) is 31.9 Å². The van der Waals surface area contributed by atoms with Crippen molar-refractivity contribution in [1.29, 1.82) is 0 Å². The first-order valence-electron chi connectivity index (χ1n) is 7.73. The lowest BCUT2D eigenvalue weighted by atomic mass is 9.91. The molecule has 3 rings (SSSR count). The van der Waals surface area contributed by atoms with Crippen LogP contribution in [-0.2, 0) is 18.9 Å². The second-order valence-corrected chi connectivity index (χ2v) is 6.38. The van der Waals surface area contributed by atoms with Crippen molar-refractivity contribution in [2.75, 3.05) is 13.7 Å². The van der Waals surface area contributed by atoms with Gasteiger partial charge < -0.3 is 24.1 Å². The number of rotatable bonds is 3. The first-order chi connectivity index (χ1) is 10.5. The second kappa shape index (κ2) is 6.26. The summed E-state index contributed by atoms with van der Waals surface area (Å²) in [5, 5.41) is 10.5. The van der Waals surface area contributed by atoms with Crippen molar-refractivity contribution in [3.8, 4) is 0 Å². The zero-order chi connectivity index (χ0) is 15.7. The summed E-state index contributed by atoms with van der Waals surface area (Å²) in [4.78, 5) is 0. The number of hydrogen-bond donors (Lipinski definition) is 1. The number of hydrogen-bond acceptors (Lipinski definition) is 5. The highest BCUT2D eigenvalue weighted by Gasteiger charge is 2.45. The number of ether oxygens (including phenoxy) is 4. The van der Waals surface area contributed by atoms with Gasteiger partial charge in [0.15, 0.2) is 5.79 Å². The molecule has 1 N–H and O–H groups in total. The van der Waals surface area contributed by atoms with Gasteiger partial charge in [-0.1, -0.05) is 30.3 Å². The fourth-order valence-corrected chi connectivity index (χ4v) is 3.22. The molecule has 1 aromatic carbocycles. The topological polar surface area (TPSA) is 57.2 Å². The molecule has 0 radical (unpaired) electrons. The zero-order valence-electron chi connectivity index (χ0n) is 13.3. The minimum Gasteiger partial charge on any atom is -0.390 e. The van der Waals surface area contributed by atoms with Gasteiger partial charge in [-0.15, -0.1) is 0 Å². The highest BCUT2D eigenvalue weighted by molar-refractivity contribution is 5.20. The van der Waals surface area contributed by atoms with Crippen LogP contribution in [0.5, 0.6) is 0 Å². The van der Waals surface area contributed by atoms with Crippen molar-refractivity contribution < 1.29 is 24.1 Å². The molecule has 1 aromatic rings. The van der Waals surface area contributed by atoms with E-state index in [0.717, 1.165) is 5.56 Å². The second-order valence-electron chi connectivity index (χ2n) is 6.38. The standard InChI is InChI=1S/C17H24O5/c1-17(2)20-10-14(22-17)13-9-12(18)16(19-3)15(21-13)11-7-5-4-6-8-11/h4-8,12-16,18H,9-10H2,1-3H3/t12-,13-,14+,15+,16+/m1/s1. The van der Waals surface area contributed by atoms with Crippen LogP contribution in [0.2, 0.25) is 0 Å². The van der Waals surface area contributed by atoms with E-state index in [0.29, 0.717) is 13.0 Å². The van der Waals surface area contributed by atoms with E-state index in [-0.39, 0.29) is 24.4 Å². The zero-order valence-corrected chi connectivity index (χ0v) is 13.3. The van der Waals surface area contributed by atoms with Crippen molar-refractivity contribution in [2.45, 2.75) is 56.6 Å². The predicted octanol–water partition coefficient (Wildman–Crippen LogP) is 2.04. The summed E-state index contributed by atoms with van der Waals surface area (Å²) in [6.45, 7) is 4.25. The maximum atomic E-state index is 10.5. The molecule has 2 saturated heterocycles. The maximum Gasteiger partial charge on any atom is 0.163 e. The SMILES string of the molecule is CO[C@H]1[C@H](O)C[C@H]([C@@H]2COC(C)(C)O2)O[C@H]1c1ccccc1. The molecule has 2 aliphatic heterocycles.